The van der Waals surface area contributed by atoms with Gasteiger partial charge in [-0.2, -0.15) is 0 Å². The van der Waals surface area contributed by atoms with Gasteiger partial charge in [-0.05, 0) is 55.2 Å². The molecule has 4 rings (SSSR count). The summed E-state index contributed by atoms with van der Waals surface area (Å²) >= 11 is 7.63. The van der Waals surface area contributed by atoms with Gasteiger partial charge in [0.25, 0.3) is 5.91 Å². The molecule has 0 aliphatic heterocycles. The summed E-state index contributed by atoms with van der Waals surface area (Å²) in [5.74, 6) is 1.08. The van der Waals surface area contributed by atoms with Gasteiger partial charge < -0.3 is 14.8 Å². The van der Waals surface area contributed by atoms with E-state index >= 15 is 0 Å². The van der Waals surface area contributed by atoms with Gasteiger partial charge in [-0.15, -0.1) is 11.3 Å². The van der Waals surface area contributed by atoms with Crippen molar-refractivity contribution in [3.8, 4) is 11.5 Å². The molecule has 3 aromatic rings. The maximum absolute atomic E-state index is 13.1. The average Bonchev–Trinajstić information content (AvgIpc) is 3.32. The van der Waals surface area contributed by atoms with E-state index in [1.807, 2.05) is 30.3 Å². The van der Waals surface area contributed by atoms with Crippen molar-refractivity contribution in [2.45, 2.75) is 19.3 Å². The molecule has 0 fully saturated rings. The van der Waals surface area contributed by atoms with Gasteiger partial charge >= 0.3 is 0 Å². The minimum atomic E-state index is -0.165. The van der Waals surface area contributed by atoms with Crippen LogP contribution in [0.5, 0.6) is 11.5 Å². The van der Waals surface area contributed by atoms with E-state index in [0.29, 0.717) is 32.8 Å². The summed E-state index contributed by atoms with van der Waals surface area (Å²) in [4.78, 5) is 19.0. The molecule has 1 aliphatic rings. The summed E-state index contributed by atoms with van der Waals surface area (Å²) < 4.78 is 10.8. The fourth-order valence-corrected chi connectivity index (χ4v) is 5.04. The second kappa shape index (κ2) is 8.90. The Kier molecular flexibility index (Phi) is 6.06. The number of amides is 1. The largest absolute Gasteiger partial charge is 0.493 e. The Hall–Kier alpha value is -2.83. The first kappa shape index (κ1) is 20.4. The van der Waals surface area contributed by atoms with Gasteiger partial charge in [-0.25, -0.2) is 4.99 Å². The van der Waals surface area contributed by atoms with Crippen LogP contribution in [0.25, 0.3) is 0 Å². The lowest BCUT2D eigenvalue weighted by Gasteiger charge is -2.09. The molecule has 7 heteroatoms. The molecule has 1 N–H and O–H groups in total. The lowest BCUT2D eigenvalue weighted by molar-refractivity contribution is 0.102. The van der Waals surface area contributed by atoms with Gasteiger partial charge in [0, 0.05) is 27.4 Å². The van der Waals surface area contributed by atoms with Crippen LogP contribution in [-0.2, 0) is 12.8 Å². The number of carbonyl (C=O) groups is 1. The van der Waals surface area contributed by atoms with Gasteiger partial charge in [-0.3, -0.25) is 4.79 Å². The standard InChI is InChI=1S/C23H21ClN2O3S/c1-28-18-10-3-6-14(21(18)29-2)13-25-23-20(17-9-5-11-19(17)30-23)22(27)26-16-8-4-7-15(24)12-16/h3-4,6-8,10,12-13H,5,9,11H2,1-2H3,(H,26,27)/b25-13+. The highest BCUT2D eigenvalue weighted by Crippen LogP contribution is 2.41. The highest BCUT2D eigenvalue weighted by molar-refractivity contribution is 7.16. The molecule has 2 aromatic carbocycles. The van der Waals surface area contributed by atoms with Crippen LogP contribution in [0.3, 0.4) is 0 Å². The molecule has 0 radical (unpaired) electrons. The molecule has 0 unspecified atom stereocenters. The summed E-state index contributed by atoms with van der Waals surface area (Å²) in [5.41, 5.74) is 3.19. The van der Waals surface area contributed by atoms with E-state index in [4.69, 9.17) is 21.1 Å². The van der Waals surface area contributed by atoms with E-state index in [2.05, 4.69) is 10.3 Å². The van der Waals surface area contributed by atoms with Crippen molar-refractivity contribution in [1.82, 2.24) is 0 Å². The predicted octanol–water partition coefficient (Wildman–Crippen LogP) is 5.91. The number of halogens is 1. The van der Waals surface area contributed by atoms with Gasteiger partial charge in [0.2, 0.25) is 0 Å². The highest BCUT2D eigenvalue weighted by atomic mass is 35.5. The van der Waals surface area contributed by atoms with Crippen molar-refractivity contribution in [1.29, 1.82) is 0 Å². The van der Waals surface area contributed by atoms with E-state index in [1.54, 1.807) is 43.9 Å². The zero-order valence-corrected chi connectivity index (χ0v) is 18.3. The van der Waals surface area contributed by atoms with Crippen LogP contribution in [0, 0.1) is 0 Å². The summed E-state index contributed by atoms with van der Waals surface area (Å²) in [5, 5.41) is 4.23. The number of anilines is 1. The number of carbonyl (C=O) groups excluding carboxylic acids is 1. The number of fused-ring (bicyclic) bond motifs is 1. The van der Waals surface area contributed by atoms with Gasteiger partial charge in [0.05, 0.1) is 19.8 Å². The zero-order chi connectivity index (χ0) is 21.1. The average molecular weight is 441 g/mol. The Morgan fingerprint density at radius 3 is 2.77 bits per heavy atom. The van der Waals surface area contributed by atoms with Crippen LogP contribution in [0.4, 0.5) is 10.7 Å². The number of thiophene rings is 1. The predicted molar refractivity (Wildman–Crippen MR) is 123 cm³/mol. The van der Waals surface area contributed by atoms with Crippen molar-refractivity contribution in [2.75, 3.05) is 19.5 Å². The van der Waals surface area contributed by atoms with Gasteiger partial charge in [-0.1, -0.05) is 23.7 Å². The fraction of sp³-hybridized carbons (Fsp3) is 0.217. The Morgan fingerprint density at radius 2 is 2.00 bits per heavy atom. The molecule has 0 bridgehead atoms. The highest BCUT2D eigenvalue weighted by Gasteiger charge is 2.26. The molecule has 30 heavy (non-hydrogen) atoms. The van der Waals surface area contributed by atoms with Crippen molar-refractivity contribution < 1.29 is 14.3 Å². The summed E-state index contributed by atoms with van der Waals surface area (Å²) in [7, 11) is 3.19. The van der Waals surface area contributed by atoms with Crippen molar-refractivity contribution >= 4 is 45.7 Å². The molecule has 1 amide bonds. The molecule has 1 aromatic heterocycles. The first-order chi connectivity index (χ1) is 14.6. The van der Waals surface area contributed by atoms with Crippen LogP contribution in [0.2, 0.25) is 5.02 Å². The third-order valence-electron chi connectivity index (χ3n) is 4.97. The van der Waals surface area contributed by atoms with E-state index in [-0.39, 0.29) is 5.91 Å². The number of ether oxygens (including phenoxy) is 2. The number of para-hydroxylation sites is 1. The van der Waals surface area contributed by atoms with Gasteiger partial charge in [0.1, 0.15) is 5.00 Å². The van der Waals surface area contributed by atoms with Crippen molar-refractivity contribution in [3.05, 3.63) is 69.1 Å². The number of rotatable bonds is 6. The zero-order valence-electron chi connectivity index (χ0n) is 16.7. The van der Waals surface area contributed by atoms with Crippen LogP contribution in [0.1, 0.15) is 32.8 Å². The van der Waals surface area contributed by atoms with E-state index in [0.717, 1.165) is 30.4 Å². The molecule has 0 spiro atoms. The maximum atomic E-state index is 13.1. The first-order valence-electron chi connectivity index (χ1n) is 9.57. The number of methoxy groups -OCH3 is 2. The third kappa shape index (κ3) is 4.06. The summed E-state index contributed by atoms with van der Waals surface area (Å²) in [6, 6.07) is 12.7. The van der Waals surface area contributed by atoms with E-state index in [9.17, 15) is 4.79 Å². The SMILES string of the molecule is COc1cccc(/C=N/c2sc3c(c2C(=O)Nc2cccc(Cl)c2)CCC3)c1OC. The minimum absolute atomic E-state index is 0.165. The molecule has 1 aliphatic carbocycles. The number of nitrogens with one attached hydrogen (secondary N) is 1. The van der Waals surface area contributed by atoms with E-state index in [1.165, 1.54) is 4.88 Å². The smallest absolute Gasteiger partial charge is 0.259 e. The summed E-state index contributed by atoms with van der Waals surface area (Å²) in [6.45, 7) is 0. The molecule has 1 heterocycles. The molecular formula is C23H21ClN2O3S. The van der Waals surface area contributed by atoms with Crippen LogP contribution < -0.4 is 14.8 Å². The number of nitrogens with zero attached hydrogens (tertiary/aromatic N) is 1. The molecule has 0 atom stereocenters. The molecule has 0 saturated carbocycles. The quantitative estimate of drug-likeness (QED) is 0.484. The molecule has 5 nitrogen and oxygen atoms in total. The number of hydrogen-bond donors (Lipinski definition) is 1. The lowest BCUT2D eigenvalue weighted by atomic mass is 10.1. The maximum Gasteiger partial charge on any atom is 0.259 e. The first-order valence-corrected chi connectivity index (χ1v) is 10.8. The Bertz CT molecular complexity index is 1120. The molecular weight excluding hydrogens is 420 g/mol. The van der Waals surface area contributed by atoms with Crippen molar-refractivity contribution in [3.63, 3.8) is 0 Å². The van der Waals surface area contributed by atoms with Crippen LogP contribution in [-0.4, -0.2) is 26.3 Å². The Morgan fingerprint density at radius 1 is 1.17 bits per heavy atom. The number of aliphatic imine (C=N–C) groups is 1. The van der Waals surface area contributed by atoms with Crippen molar-refractivity contribution in [2.24, 2.45) is 4.99 Å². The van der Waals surface area contributed by atoms with Crippen LogP contribution >= 0.6 is 22.9 Å². The van der Waals surface area contributed by atoms with Gasteiger partial charge in [0.15, 0.2) is 11.5 Å². The fourth-order valence-electron chi connectivity index (χ4n) is 3.62. The minimum Gasteiger partial charge on any atom is -0.493 e. The number of hydrogen-bond acceptors (Lipinski definition) is 5. The lowest BCUT2D eigenvalue weighted by Crippen LogP contribution is -2.13. The van der Waals surface area contributed by atoms with E-state index < -0.39 is 0 Å². The Balaban J connectivity index is 1.68. The second-order valence-corrected chi connectivity index (χ2v) is 8.36. The normalized spacial score (nSPS) is 12.8. The number of benzene rings is 2. The third-order valence-corrected chi connectivity index (χ3v) is 6.40. The molecule has 154 valence electrons. The monoisotopic (exact) mass is 440 g/mol. The topological polar surface area (TPSA) is 59.9 Å². The molecule has 0 saturated heterocycles. The second-order valence-electron chi connectivity index (χ2n) is 6.84. The summed E-state index contributed by atoms with van der Waals surface area (Å²) in [6.07, 6.45) is 4.66. The Labute approximate surface area is 184 Å². The van der Waals surface area contributed by atoms with Crippen LogP contribution in [0.15, 0.2) is 47.5 Å². The number of aryl methyl sites for hydroxylation is 1.